The van der Waals surface area contributed by atoms with Gasteiger partial charge in [-0.1, -0.05) is 0 Å². The minimum absolute atomic E-state index is 0.0599. The van der Waals surface area contributed by atoms with Gasteiger partial charge in [0, 0.05) is 30.6 Å². The zero-order chi connectivity index (χ0) is 22.9. The van der Waals surface area contributed by atoms with E-state index in [0.717, 1.165) is 0 Å². The van der Waals surface area contributed by atoms with Gasteiger partial charge in [0.2, 0.25) is 18.1 Å². The highest BCUT2D eigenvalue weighted by molar-refractivity contribution is 6.01. The minimum Gasteiger partial charge on any atom is -0.486 e. The number of carbonyl (C=O) groups is 2. The molecule has 2 amide bonds. The molecule has 0 saturated carbocycles. The van der Waals surface area contributed by atoms with Crippen molar-refractivity contribution in [3.63, 3.8) is 0 Å². The first-order valence-corrected chi connectivity index (χ1v) is 10.5. The molecule has 0 saturated heterocycles. The third-order valence-electron chi connectivity index (χ3n) is 5.40. The topological polar surface area (TPSA) is 117 Å². The standard InChI is InChI=1S/C23H21N3O7/c1-2-26-11-15(22(28)14-8-19-20(9-16(14)26)33-12-32-19)23(29)24-10-21(27)25-13-3-4-17-18(7-13)31-6-5-30-17/h3-4,7-9,11H,2,5-6,10,12H2,1H3,(H,24,29)(H,25,27). The molecule has 2 aliphatic heterocycles. The molecular weight excluding hydrogens is 430 g/mol. The first-order valence-electron chi connectivity index (χ1n) is 10.5. The van der Waals surface area contributed by atoms with Gasteiger partial charge in [-0.2, -0.15) is 0 Å². The second-order valence-electron chi connectivity index (χ2n) is 7.47. The fourth-order valence-electron chi connectivity index (χ4n) is 3.79. The molecule has 1 aromatic heterocycles. The molecule has 2 aliphatic rings. The Morgan fingerprint density at radius 1 is 0.970 bits per heavy atom. The number of carbonyl (C=O) groups excluding carboxylic acids is 2. The van der Waals surface area contributed by atoms with E-state index in [2.05, 4.69) is 10.6 Å². The molecule has 3 heterocycles. The molecule has 0 bridgehead atoms. The van der Waals surface area contributed by atoms with Crippen molar-refractivity contribution in [2.45, 2.75) is 13.5 Å². The monoisotopic (exact) mass is 451 g/mol. The molecule has 2 N–H and O–H groups in total. The Balaban J connectivity index is 1.32. The number of nitrogens with one attached hydrogen (secondary N) is 2. The van der Waals surface area contributed by atoms with Crippen molar-refractivity contribution in [2.75, 3.05) is 31.9 Å². The number of hydrogen-bond donors (Lipinski definition) is 2. The van der Waals surface area contributed by atoms with Crippen LogP contribution in [0.2, 0.25) is 0 Å². The Hall–Kier alpha value is -4.21. The number of fused-ring (bicyclic) bond motifs is 3. The summed E-state index contributed by atoms with van der Waals surface area (Å²) in [6.07, 6.45) is 1.49. The highest BCUT2D eigenvalue weighted by Crippen LogP contribution is 2.35. The van der Waals surface area contributed by atoms with Gasteiger partial charge in [0.15, 0.2) is 23.0 Å². The third-order valence-corrected chi connectivity index (χ3v) is 5.40. The van der Waals surface area contributed by atoms with Gasteiger partial charge in [-0.3, -0.25) is 14.4 Å². The average Bonchev–Trinajstić information content (AvgIpc) is 3.29. The maximum atomic E-state index is 13.0. The van der Waals surface area contributed by atoms with Gasteiger partial charge < -0.3 is 34.1 Å². The number of hydrogen-bond acceptors (Lipinski definition) is 7. The Morgan fingerprint density at radius 2 is 1.70 bits per heavy atom. The second-order valence-corrected chi connectivity index (χ2v) is 7.47. The summed E-state index contributed by atoms with van der Waals surface area (Å²) < 4.78 is 23.5. The molecule has 5 rings (SSSR count). The van der Waals surface area contributed by atoms with Crippen LogP contribution in [0.1, 0.15) is 17.3 Å². The van der Waals surface area contributed by atoms with Gasteiger partial charge in [0.05, 0.1) is 17.4 Å². The summed E-state index contributed by atoms with van der Waals surface area (Å²) in [4.78, 5) is 38.1. The summed E-state index contributed by atoms with van der Waals surface area (Å²) >= 11 is 0. The molecule has 170 valence electrons. The fraction of sp³-hybridized carbons (Fsp3) is 0.261. The number of aryl methyl sites for hydroxylation is 1. The number of benzene rings is 2. The number of amides is 2. The number of anilines is 1. The van der Waals surface area contributed by atoms with E-state index in [-0.39, 0.29) is 18.9 Å². The van der Waals surface area contributed by atoms with Crippen LogP contribution in [0, 0.1) is 0 Å². The van der Waals surface area contributed by atoms with E-state index < -0.39 is 17.2 Å². The van der Waals surface area contributed by atoms with E-state index in [1.807, 2.05) is 6.92 Å². The summed E-state index contributed by atoms with van der Waals surface area (Å²) in [5.74, 6) is 1.08. The van der Waals surface area contributed by atoms with E-state index in [1.165, 1.54) is 6.20 Å². The third kappa shape index (κ3) is 3.91. The molecule has 10 heteroatoms. The van der Waals surface area contributed by atoms with Crippen molar-refractivity contribution in [3.05, 3.63) is 52.3 Å². The van der Waals surface area contributed by atoms with Gasteiger partial charge in [-0.05, 0) is 25.1 Å². The molecule has 0 spiro atoms. The first-order chi connectivity index (χ1) is 16.0. The highest BCUT2D eigenvalue weighted by Gasteiger charge is 2.21. The lowest BCUT2D eigenvalue weighted by molar-refractivity contribution is -0.115. The molecular formula is C23H21N3O7. The van der Waals surface area contributed by atoms with E-state index in [9.17, 15) is 14.4 Å². The Kier molecular flexibility index (Phi) is 5.25. The average molecular weight is 451 g/mol. The molecule has 0 unspecified atom stereocenters. The van der Waals surface area contributed by atoms with Crippen LogP contribution in [-0.2, 0) is 11.3 Å². The second kappa shape index (κ2) is 8.38. The van der Waals surface area contributed by atoms with E-state index in [1.54, 1.807) is 34.9 Å². The molecule has 0 atom stereocenters. The van der Waals surface area contributed by atoms with Gasteiger partial charge in [-0.25, -0.2) is 0 Å². The lowest BCUT2D eigenvalue weighted by Crippen LogP contribution is -2.35. The van der Waals surface area contributed by atoms with Crippen LogP contribution >= 0.6 is 0 Å². The summed E-state index contributed by atoms with van der Waals surface area (Å²) in [5.41, 5.74) is 0.640. The van der Waals surface area contributed by atoms with Gasteiger partial charge in [-0.15, -0.1) is 0 Å². The number of nitrogens with zero attached hydrogens (tertiary/aromatic N) is 1. The van der Waals surface area contributed by atoms with Crippen LogP contribution in [0.25, 0.3) is 10.9 Å². The maximum Gasteiger partial charge on any atom is 0.257 e. The van der Waals surface area contributed by atoms with Crippen molar-refractivity contribution in [3.8, 4) is 23.0 Å². The van der Waals surface area contributed by atoms with E-state index >= 15 is 0 Å². The Bertz CT molecular complexity index is 1330. The van der Waals surface area contributed by atoms with Crippen molar-refractivity contribution in [2.24, 2.45) is 0 Å². The Morgan fingerprint density at radius 3 is 2.48 bits per heavy atom. The summed E-state index contributed by atoms with van der Waals surface area (Å²) in [6.45, 7) is 3.11. The minimum atomic E-state index is -0.640. The number of pyridine rings is 1. The SMILES string of the molecule is CCn1cc(C(=O)NCC(=O)Nc2ccc3c(c2)OCCO3)c(=O)c2cc3c(cc21)OCO3. The maximum absolute atomic E-state index is 13.0. The van der Waals surface area contributed by atoms with Crippen LogP contribution in [0.3, 0.4) is 0 Å². The number of aromatic nitrogens is 1. The molecule has 2 aromatic carbocycles. The van der Waals surface area contributed by atoms with Crippen LogP contribution in [0.4, 0.5) is 5.69 Å². The zero-order valence-corrected chi connectivity index (χ0v) is 17.8. The van der Waals surface area contributed by atoms with Gasteiger partial charge in [0.25, 0.3) is 5.91 Å². The number of rotatable bonds is 5. The van der Waals surface area contributed by atoms with Crippen LogP contribution in [-0.4, -0.2) is 42.9 Å². The molecule has 0 fully saturated rings. The van der Waals surface area contributed by atoms with Crippen LogP contribution in [0.5, 0.6) is 23.0 Å². The smallest absolute Gasteiger partial charge is 0.257 e. The summed E-state index contributed by atoms with van der Waals surface area (Å²) in [6, 6.07) is 8.35. The van der Waals surface area contributed by atoms with Crippen LogP contribution < -0.4 is 35.0 Å². The lowest BCUT2D eigenvalue weighted by atomic mass is 10.1. The highest BCUT2D eigenvalue weighted by atomic mass is 16.7. The normalized spacial score (nSPS) is 13.6. The largest absolute Gasteiger partial charge is 0.486 e. The molecule has 3 aromatic rings. The van der Waals surface area contributed by atoms with Crippen molar-refractivity contribution >= 4 is 28.4 Å². The molecule has 0 aliphatic carbocycles. The quantitative estimate of drug-likeness (QED) is 0.608. The zero-order valence-electron chi connectivity index (χ0n) is 17.8. The van der Waals surface area contributed by atoms with E-state index in [4.69, 9.17) is 18.9 Å². The van der Waals surface area contributed by atoms with Crippen molar-refractivity contribution in [1.29, 1.82) is 0 Å². The predicted octanol–water partition coefficient (Wildman–Crippen LogP) is 1.89. The van der Waals surface area contributed by atoms with E-state index in [0.29, 0.717) is 59.3 Å². The molecule has 33 heavy (non-hydrogen) atoms. The summed E-state index contributed by atoms with van der Waals surface area (Å²) in [7, 11) is 0. The van der Waals surface area contributed by atoms with Crippen molar-refractivity contribution in [1.82, 2.24) is 9.88 Å². The predicted molar refractivity (Wildman–Crippen MR) is 118 cm³/mol. The van der Waals surface area contributed by atoms with Crippen LogP contribution in [0.15, 0.2) is 41.3 Å². The Labute approximate surface area is 188 Å². The molecule has 10 nitrogen and oxygen atoms in total. The number of ether oxygens (including phenoxy) is 4. The molecule has 0 radical (unpaired) electrons. The summed E-state index contributed by atoms with van der Waals surface area (Å²) in [5, 5.41) is 5.55. The first kappa shape index (κ1) is 20.7. The van der Waals surface area contributed by atoms with Gasteiger partial charge in [0.1, 0.15) is 18.8 Å². The fourth-order valence-corrected chi connectivity index (χ4v) is 3.79. The van der Waals surface area contributed by atoms with Gasteiger partial charge >= 0.3 is 0 Å². The lowest BCUT2D eigenvalue weighted by Gasteiger charge is -2.19. The van der Waals surface area contributed by atoms with Crippen molar-refractivity contribution < 1.29 is 28.5 Å².